The highest BCUT2D eigenvalue weighted by Crippen LogP contribution is 2.43. The molecule has 2 N–H and O–H groups in total. The van der Waals surface area contributed by atoms with Crippen LogP contribution in [0.5, 0.6) is 11.5 Å². The molecule has 0 spiro atoms. The topological polar surface area (TPSA) is 38.6 Å². The second-order valence-corrected chi connectivity index (χ2v) is 17.3. The highest BCUT2D eigenvalue weighted by molar-refractivity contribution is 5.88. The van der Waals surface area contributed by atoms with Crippen LogP contribution in [0, 0.1) is 72.5 Å². The molecule has 2 aliphatic rings. The van der Waals surface area contributed by atoms with Gasteiger partial charge in [-0.15, -0.1) is 32.1 Å². The van der Waals surface area contributed by atoms with Crippen LogP contribution in [0.15, 0.2) is 126 Å². The maximum absolute atomic E-state index is 9.18. The van der Waals surface area contributed by atoms with Crippen LogP contribution in [0.1, 0.15) is 83.1 Å². The minimum absolute atomic E-state index is 0.177. The van der Waals surface area contributed by atoms with Gasteiger partial charge in [0.2, 0.25) is 0 Å². The molecular weight excluding hydrogens is 745 g/mol. The van der Waals surface area contributed by atoms with Crippen LogP contribution >= 0.6 is 0 Å². The van der Waals surface area contributed by atoms with Crippen molar-refractivity contribution in [2.24, 2.45) is 10.8 Å². The molecule has 0 unspecified atom stereocenters. The van der Waals surface area contributed by atoms with Crippen molar-refractivity contribution in [1.82, 2.24) is 0 Å². The third-order valence-electron chi connectivity index (χ3n) is 10.8. The standard InChI is InChI=1S/C57H56N2O2/c1-13-33-58(34-14-2)48-29-31-50(52(60)39-48)46(37-41(6)56(7,8)9)27-25-43-19-18-20-44(55(43)45-23-21-42(17-5)22-24-45)26-28-47-38-54(57(10,11)12)61-53-40-49(30-32-51(47)53)59(35-15-3)36-16-4/h1-5,21-32,37-40,60H,6,18-20,33-36H2,7-12H3/p+1/b27-25+,44-26+,46-37-,47-28+. The Morgan fingerprint density at radius 2 is 1.39 bits per heavy atom. The molecule has 4 heteroatoms. The van der Waals surface area contributed by atoms with E-state index in [1.54, 1.807) is 0 Å². The zero-order chi connectivity index (χ0) is 44.3. The number of ether oxygens (including phenoxy) is 1. The van der Waals surface area contributed by atoms with E-state index in [1.165, 1.54) is 16.7 Å². The van der Waals surface area contributed by atoms with Crippen molar-refractivity contribution in [1.29, 1.82) is 0 Å². The minimum Gasteiger partial charge on any atom is -0.593 e. The van der Waals surface area contributed by atoms with Gasteiger partial charge >= 0.3 is 0 Å². The Kier molecular flexibility index (Phi) is 14.5. The van der Waals surface area contributed by atoms with Crippen LogP contribution in [-0.2, 0) is 0 Å². The minimum atomic E-state index is -0.241. The van der Waals surface area contributed by atoms with Gasteiger partial charge in [-0.1, -0.05) is 120 Å². The molecule has 4 nitrogen and oxygen atoms in total. The molecule has 0 atom stereocenters. The summed E-state index contributed by atoms with van der Waals surface area (Å²) in [5.41, 5.74) is 11.5. The molecular formula is C57H57N2O2+. The predicted molar refractivity (Wildman–Crippen MR) is 261 cm³/mol. The number of rotatable bonds is 12. The van der Waals surface area contributed by atoms with E-state index in [4.69, 9.17) is 36.9 Å². The summed E-state index contributed by atoms with van der Waals surface area (Å²) in [5, 5.41) is 9.18. The highest BCUT2D eigenvalue weighted by Gasteiger charge is 2.27. The van der Waals surface area contributed by atoms with E-state index < -0.39 is 0 Å². The van der Waals surface area contributed by atoms with E-state index in [0.29, 0.717) is 31.9 Å². The Morgan fingerprint density at radius 3 is 1.95 bits per heavy atom. The van der Waals surface area contributed by atoms with Gasteiger partial charge in [-0.25, -0.2) is 0 Å². The number of allylic oxidation sites excluding steroid dienone is 13. The fourth-order valence-electron chi connectivity index (χ4n) is 7.17. The van der Waals surface area contributed by atoms with Gasteiger partial charge in [0.25, 0.3) is 5.75 Å². The van der Waals surface area contributed by atoms with Crippen molar-refractivity contribution in [2.75, 3.05) is 36.0 Å². The lowest BCUT2D eigenvalue weighted by Gasteiger charge is -2.30. The third-order valence-corrected chi connectivity index (χ3v) is 10.8. The summed E-state index contributed by atoms with van der Waals surface area (Å²) in [5.74, 6) is 15.6. The van der Waals surface area contributed by atoms with Crippen molar-refractivity contribution in [3.8, 4) is 73.2 Å². The Balaban J connectivity index is 1.67. The molecule has 0 radical (unpaired) electrons. The maximum atomic E-state index is 9.18. The molecule has 0 bridgehead atoms. The monoisotopic (exact) mass is 801 g/mol. The molecule has 5 rings (SSSR count). The van der Waals surface area contributed by atoms with E-state index in [-0.39, 0.29) is 10.8 Å². The van der Waals surface area contributed by atoms with Gasteiger partial charge in [-0.2, -0.15) is 0 Å². The summed E-state index contributed by atoms with van der Waals surface area (Å²) in [6.45, 7) is 18.8. The summed E-state index contributed by atoms with van der Waals surface area (Å²) in [7, 11) is 0. The molecule has 3 aromatic rings. The summed E-state index contributed by atoms with van der Waals surface area (Å²) >= 11 is 0. The molecule has 3 aromatic carbocycles. The van der Waals surface area contributed by atoms with E-state index in [9.17, 15) is 5.11 Å². The average Bonchev–Trinajstić information content (AvgIpc) is 3.23. The second kappa shape index (κ2) is 19.7. The Morgan fingerprint density at radius 1 is 0.787 bits per heavy atom. The Bertz CT molecular complexity index is 2540. The molecule has 0 aromatic heterocycles. The average molecular weight is 802 g/mol. The lowest BCUT2D eigenvalue weighted by Crippen LogP contribution is -2.24. The summed E-state index contributed by atoms with van der Waals surface area (Å²) in [6.07, 6.45) is 44.3. The number of hydrogen-bond acceptors (Lipinski definition) is 3. The lowest BCUT2D eigenvalue weighted by molar-refractivity contribution is 0.291. The second-order valence-electron chi connectivity index (χ2n) is 17.3. The SMILES string of the molecule is C#CCN(CC#C)c1ccc(C(=C\C(=C)C(C)(C)C)/C=C/C2=C(c3ccc(C#C)cc3)C(=C/C=C3\C=C(C(C)(C)C)Oc4cc(N(CC#C)CC#C)ccc43)/CCC2)c([OH2+])c1. The number of anilines is 2. The first kappa shape index (κ1) is 44.9. The van der Waals surface area contributed by atoms with E-state index >= 15 is 0 Å². The lowest BCUT2D eigenvalue weighted by atomic mass is 9.81. The molecule has 1 aliphatic heterocycles. The molecule has 1 heterocycles. The van der Waals surface area contributed by atoms with Crippen LogP contribution in [0.2, 0.25) is 0 Å². The van der Waals surface area contributed by atoms with Gasteiger partial charge in [-0.05, 0) is 106 Å². The van der Waals surface area contributed by atoms with Crippen molar-refractivity contribution in [3.05, 3.63) is 148 Å². The van der Waals surface area contributed by atoms with E-state index in [1.807, 2.05) is 46.2 Å². The van der Waals surface area contributed by atoms with Crippen molar-refractivity contribution < 1.29 is 9.84 Å². The third kappa shape index (κ3) is 11.1. The van der Waals surface area contributed by atoms with Crippen LogP contribution in [0.25, 0.3) is 16.7 Å². The summed E-state index contributed by atoms with van der Waals surface area (Å²) in [6, 6.07) is 20.2. The van der Waals surface area contributed by atoms with E-state index in [2.05, 4.69) is 138 Å². The molecule has 0 saturated heterocycles. The number of terminal acetylenes is 5. The van der Waals surface area contributed by atoms with Crippen LogP contribution in [0.4, 0.5) is 11.4 Å². The number of nitrogens with zero attached hydrogens (tertiary/aromatic N) is 2. The first-order chi connectivity index (χ1) is 29.1. The summed E-state index contributed by atoms with van der Waals surface area (Å²) in [4.78, 5) is 3.90. The van der Waals surface area contributed by atoms with Crippen molar-refractivity contribution >= 4 is 28.1 Å². The molecule has 0 saturated carbocycles. The quantitative estimate of drug-likeness (QED) is 0.104. The van der Waals surface area contributed by atoms with Crippen LogP contribution in [-0.4, -0.2) is 31.3 Å². The summed E-state index contributed by atoms with van der Waals surface area (Å²) < 4.78 is 6.57. The largest absolute Gasteiger partial charge is 0.593 e. The van der Waals surface area contributed by atoms with Gasteiger partial charge in [0.1, 0.15) is 11.5 Å². The molecule has 61 heavy (non-hydrogen) atoms. The Hall–Kier alpha value is -7.16. The predicted octanol–water partition coefficient (Wildman–Crippen LogP) is 11.8. The van der Waals surface area contributed by atoms with Crippen molar-refractivity contribution in [3.63, 3.8) is 0 Å². The number of fused-ring (bicyclic) bond motifs is 1. The zero-order valence-corrected chi connectivity index (χ0v) is 36.6. The van der Waals surface area contributed by atoms with Crippen LogP contribution < -0.4 is 14.5 Å². The normalized spacial score (nSPS) is 15.4. The molecule has 0 fully saturated rings. The molecule has 0 amide bonds. The first-order valence-electron chi connectivity index (χ1n) is 20.6. The zero-order valence-electron chi connectivity index (χ0n) is 36.6. The van der Waals surface area contributed by atoms with Crippen LogP contribution in [0.3, 0.4) is 0 Å². The molecule has 1 aliphatic carbocycles. The number of benzene rings is 3. The Labute approximate surface area is 365 Å². The maximum Gasteiger partial charge on any atom is 0.263 e. The van der Waals surface area contributed by atoms with Crippen molar-refractivity contribution in [2.45, 2.75) is 60.8 Å². The van der Waals surface area contributed by atoms with Gasteiger partial charge < -0.3 is 19.6 Å². The van der Waals surface area contributed by atoms with Gasteiger partial charge in [0.15, 0.2) is 0 Å². The highest BCUT2D eigenvalue weighted by atomic mass is 16.5. The smallest absolute Gasteiger partial charge is 0.263 e. The van der Waals surface area contributed by atoms with E-state index in [0.717, 1.165) is 81.1 Å². The number of hydrogen-bond donors (Lipinski definition) is 0. The van der Waals surface area contributed by atoms with Gasteiger partial charge in [-0.3, -0.25) is 0 Å². The fourth-order valence-corrected chi connectivity index (χ4v) is 7.17. The molecule has 306 valence electrons. The van der Waals surface area contributed by atoms with Gasteiger partial charge in [0, 0.05) is 34.0 Å². The first-order valence-corrected chi connectivity index (χ1v) is 20.6. The van der Waals surface area contributed by atoms with Gasteiger partial charge in [0.05, 0.1) is 37.8 Å². The fraction of sp³-hybridized carbons (Fsp3) is 0.263.